The Labute approximate surface area is 59.8 Å². The Balaban J connectivity index is 3.81. The van der Waals surface area contributed by atoms with Gasteiger partial charge >= 0.3 is 6.03 Å². The highest BCUT2D eigenvalue weighted by Gasteiger charge is 2.12. The zero-order chi connectivity index (χ0) is 8.15. The molecule has 0 fully saturated rings. The third kappa shape index (κ3) is 2.20. The first-order valence-electron chi connectivity index (χ1n) is 2.97. The fourth-order valence-corrected chi connectivity index (χ4v) is 0.424. The van der Waals surface area contributed by atoms with Crippen molar-refractivity contribution in [2.24, 2.45) is 5.84 Å². The van der Waals surface area contributed by atoms with Gasteiger partial charge in [0.2, 0.25) is 0 Å². The Morgan fingerprint density at radius 2 is 2.40 bits per heavy atom. The summed E-state index contributed by atoms with van der Waals surface area (Å²) in [4.78, 5) is 12.0. The fourth-order valence-electron chi connectivity index (χ4n) is 0.424. The number of amides is 2. The predicted octanol–water partition coefficient (Wildman–Crippen LogP) is -1.12. The lowest BCUT2D eigenvalue weighted by molar-refractivity contribution is 0.157. The largest absolute Gasteiger partial charge is 0.394 e. The zero-order valence-electron chi connectivity index (χ0n) is 6.16. The van der Waals surface area contributed by atoms with Crippen LogP contribution in [-0.2, 0) is 0 Å². The molecular weight excluding hydrogens is 134 g/mol. The molecule has 0 aromatic rings. The Bertz CT molecular complexity index is 117. The van der Waals surface area contributed by atoms with Crippen LogP contribution < -0.4 is 11.3 Å². The minimum absolute atomic E-state index is 0.0656. The van der Waals surface area contributed by atoms with Gasteiger partial charge in [-0.15, -0.1) is 0 Å². The van der Waals surface area contributed by atoms with E-state index in [0.717, 1.165) is 0 Å². The quantitative estimate of drug-likeness (QED) is 0.263. The van der Waals surface area contributed by atoms with E-state index in [0.29, 0.717) is 0 Å². The first kappa shape index (κ1) is 9.19. The van der Waals surface area contributed by atoms with Crippen molar-refractivity contribution in [3.05, 3.63) is 0 Å². The van der Waals surface area contributed by atoms with Gasteiger partial charge in [-0.3, -0.25) is 5.43 Å². The van der Waals surface area contributed by atoms with Gasteiger partial charge < -0.3 is 10.0 Å². The van der Waals surface area contributed by atoms with E-state index in [4.69, 9.17) is 10.9 Å². The molecule has 0 aliphatic rings. The summed E-state index contributed by atoms with van der Waals surface area (Å²) in [6.45, 7) is 1.65. The van der Waals surface area contributed by atoms with E-state index in [1.165, 1.54) is 4.90 Å². The van der Waals surface area contributed by atoms with Crippen molar-refractivity contribution >= 4 is 6.03 Å². The van der Waals surface area contributed by atoms with Crippen molar-refractivity contribution in [3.8, 4) is 0 Å². The third-order valence-electron chi connectivity index (χ3n) is 1.37. The van der Waals surface area contributed by atoms with Crippen LogP contribution in [0.3, 0.4) is 0 Å². The number of nitrogens with two attached hydrogens (primary N) is 1. The lowest BCUT2D eigenvalue weighted by Crippen LogP contribution is -2.46. The third-order valence-corrected chi connectivity index (χ3v) is 1.37. The number of nitrogens with one attached hydrogen (secondary N) is 1. The van der Waals surface area contributed by atoms with Crippen LogP contribution >= 0.6 is 0 Å². The van der Waals surface area contributed by atoms with Crippen LogP contribution in [-0.4, -0.2) is 35.7 Å². The highest BCUT2D eigenvalue weighted by molar-refractivity contribution is 5.73. The molecule has 1 atom stereocenters. The molecule has 0 heterocycles. The Morgan fingerprint density at radius 1 is 1.90 bits per heavy atom. The summed E-state index contributed by atoms with van der Waals surface area (Å²) in [5, 5.41) is 8.59. The molecular formula is C5H13N3O2. The van der Waals surface area contributed by atoms with Crippen molar-refractivity contribution in [2.45, 2.75) is 13.0 Å². The van der Waals surface area contributed by atoms with Gasteiger partial charge in [0.1, 0.15) is 0 Å². The standard InChI is InChI=1S/C5H13N3O2/c1-4(3-9)8(2)5(10)7-6/h4,9H,3,6H2,1-2H3,(H,7,10). The summed E-state index contributed by atoms with van der Waals surface area (Å²) >= 11 is 0. The molecule has 0 saturated heterocycles. The Kier molecular flexibility index (Phi) is 3.75. The number of aliphatic hydroxyl groups excluding tert-OH is 1. The molecule has 5 heteroatoms. The van der Waals surface area contributed by atoms with Gasteiger partial charge in [0.15, 0.2) is 0 Å². The molecule has 1 unspecified atom stereocenters. The van der Waals surface area contributed by atoms with E-state index in [-0.39, 0.29) is 12.6 Å². The Morgan fingerprint density at radius 3 is 2.70 bits per heavy atom. The second-order valence-electron chi connectivity index (χ2n) is 2.09. The highest BCUT2D eigenvalue weighted by Crippen LogP contribution is 1.92. The van der Waals surface area contributed by atoms with E-state index in [9.17, 15) is 4.79 Å². The molecule has 0 aliphatic carbocycles. The van der Waals surface area contributed by atoms with Crippen LogP contribution in [0.4, 0.5) is 4.79 Å². The zero-order valence-corrected chi connectivity index (χ0v) is 6.16. The highest BCUT2D eigenvalue weighted by atomic mass is 16.3. The van der Waals surface area contributed by atoms with Crippen LogP contribution in [0.5, 0.6) is 0 Å². The predicted molar refractivity (Wildman–Crippen MR) is 37.0 cm³/mol. The molecule has 0 spiro atoms. The molecule has 0 saturated carbocycles. The molecule has 2 amide bonds. The molecule has 0 aromatic carbocycles. The van der Waals surface area contributed by atoms with E-state index in [1.807, 2.05) is 5.43 Å². The molecule has 10 heavy (non-hydrogen) atoms. The molecule has 0 bridgehead atoms. The maximum absolute atomic E-state index is 10.7. The first-order chi connectivity index (χ1) is 4.63. The maximum Gasteiger partial charge on any atom is 0.331 e. The molecule has 60 valence electrons. The lowest BCUT2D eigenvalue weighted by Gasteiger charge is -2.21. The number of rotatable bonds is 2. The lowest BCUT2D eigenvalue weighted by atomic mass is 10.3. The van der Waals surface area contributed by atoms with E-state index in [1.54, 1.807) is 14.0 Å². The van der Waals surface area contributed by atoms with Gasteiger partial charge in [-0.25, -0.2) is 10.6 Å². The van der Waals surface area contributed by atoms with E-state index < -0.39 is 6.03 Å². The summed E-state index contributed by atoms with van der Waals surface area (Å²) in [6, 6.07) is -0.606. The Hall–Kier alpha value is -0.810. The summed E-state index contributed by atoms with van der Waals surface area (Å²) in [5.41, 5.74) is 1.96. The molecule has 4 N–H and O–H groups in total. The molecule has 0 aromatic heterocycles. The SMILES string of the molecule is CC(CO)N(C)C(=O)NN. The van der Waals surface area contributed by atoms with Crippen molar-refractivity contribution < 1.29 is 9.90 Å². The smallest absolute Gasteiger partial charge is 0.331 e. The molecule has 0 rings (SSSR count). The average Bonchev–Trinajstić information content (AvgIpc) is 2.00. The number of hydrogen-bond donors (Lipinski definition) is 3. The fraction of sp³-hybridized carbons (Fsp3) is 0.800. The van der Waals surface area contributed by atoms with Crippen molar-refractivity contribution in [2.75, 3.05) is 13.7 Å². The van der Waals surface area contributed by atoms with E-state index >= 15 is 0 Å². The van der Waals surface area contributed by atoms with Crippen molar-refractivity contribution in [1.29, 1.82) is 0 Å². The van der Waals surface area contributed by atoms with Gasteiger partial charge in [-0.2, -0.15) is 0 Å². The summed E-state index contributed by atoms with van der Waals surface area (Å²) < 4.78 is 0. The van der Waals surface area contributed by atoms with Crippen molar-refractivity contribution in [1.82, 2.24) is 10.3 Å². The monoisotopic (exact) mass is 147 g/mol. The van der Waals surface area contributed by atoms with Gasteiger partial charge in [0, 0.05) is 7.05 Å². The number of nitrogens with zero attached hydrogens (tertiary/aromatic N) is 1. The van der Waals surface area contributed by atoms with Crippen molar-refractivity contribution in [3.63, 3.8) is 0 Å². The normalized spacial score (nSPS) is 12.4. The van der Waals surface area contributed by atoms with Crippen LogP contribution in [0.15, 0.2) is 0 Å². The minimum Gasteiger partial charge on any atom is -0.394 e. The summed E-state index contributed by atoms with van der Waals surface area (Å²) in [6.07, 6.45) is 0. The maximum atomic E-state index is 10.7. The number of hydrazine groups is 1. The number of carbonyl (C=O) groups excluding carboxylic acids is 1. The number of aliphatic hydroxyl groups is 1. The average molecular weight is 147 g/mol. The number of urea groups is 1. The molecule has 0 aliphatic heterocycles. The van der Waals surface area contributed by atoms with Crippen LogP contribution in [0.25, 0.3) is 0 Å². The number of hydrogen-bond acceptors (Lipinski definition) is 3. The van der Waals surface area contributed by atoms with Gasteiger partial charge in [0.05, 0.1) is 12.6 Å². The first-order valence-corrected chi connectivity index (χ1v) is 2.97. The van der Waals surface area contributed by atoms with Crippen LogP contribution in [0.1, 0.15) is 6.92 Å². The number of likely N-dealkylation sites (N-methyl/N-ethyl adjacent to an activating group) is 1. The molecule has 5 nitrogen and oxygen atoms in total. The minimum atomic E-state index is -0.401. The second kappa shape index (κ2) is 4.08. The van der Waals surface area contributed by atoms with Crippen LogP contribution in [0, 0.1) is 0 Å². The van der Waals surface area contributed by atoms with Gasteiger partial charge in [0.25, 0.3) is 0 Å². The second-order valence-corrected chi connectivity index (χ2v) is 2.09. The van der Waals surface area contributed by atoms with Crippen LogP contribution in [0.2, 0.25) is 0 Å². The van der Waals surface area contributed by atoms with Gasteiger partial charge in [-0.1, -0.05) is 0 Å². The summed E-state index contributed by atoms with van der Waals surface area (Å²) in [7, 11) is 1.56. The van der Waals surface area contributed by atoms with E-state index in [2.05, 4.69) is 0 Å². The topological polar surface area (TPSA) is 78.6 Å². The van der Waals surface area contributed by atoms with Gasteiger partial charge in [-0.05, 0) is 6.92 Å². The number of carbonyl (C=O) groups is 1. The summed E-state index contributed by atoms with van der Waals surface area (Å²) in [5.74, 6) is 4.84. The molecule has 0 radical (unpaired) electrons.